The summed E-state index contributed by atoms with van der Waals surface area (Å²) in [6, 6.07) is 0. The molecule has 11 heavy (non-hydrogen) atoms. The molecule has 0 bridgehead atoms. The predicted molar refractivity (Wildman–Crippen MR) is 38.3 cm³/mol. The van der Waals surface area contributed by atoms with Gasteiger partial charge in [0, 0.05) is 5.41 Å². The van der Waals surface area contributed by atoms with Crippen molar-refractivity contribution in [3.63, 3.8) is 0 Å². The number of carbonyl (C=O) groups excluding carboxylic acids is 2. The summed E-state index contributed by atoms with van der Waals surface area (Å²) in [5.41, 5.74) is -0.617. The molecule has 2 amide bonds. The van der Waals surface area contributed by atoms with E-state index < -0.39 is 17.4 Å². The third-order valence-electron chi connectivity index (χ3n) is 1.00. The first kappa shape index (κ1) is 9.90. The lowest BCUT2D eigenvalue weighted by molar-refractivity contribution is -0.127. The average molecular weight is 160 g/mol. The summed E-state index contributed by atoms with van der Waals surface area (Å²) in [6.45, 7) is 5.02. The van der Waals surface area contributed by atoms with Crippen molar-refractivity contribution in [2.24, 2.45) is 11.3 Å². The Morgan fingerprint density at radius 2 is 1.82 bits per heavy atom. The van der Waals surface area contributed by atoms with E-state index >= 15 is 0 Å². The number of imide groups is 1. The highest BCUT2D eigenvalue weighted by Crippen LogP contribution is 2.11. The van der Waals surface area contributed by atoms with E-state index in [4.69, 9.17) is 0 Å². The van der Waals surface area contributed by atoms with Crippen LogP contribution in [-0.2, 0) is 9.63 Å². The molecule has 5 nitrogen and oxygen atoms in total. The molecule has 0 spiro atoms. The molecule has 0 heterocycles. The molecule has 0 aromatic rings. The molecule has 0 saturated carbocycles. The Morgan fingerprint density at radius 1 is 1.36 bits per heavy atom. The van der Waals surface area contributed by atoms with E-state index in [0.717, 1.165) is 0 Å². The molecule has 0 aliphatic carbocycles. The van der Waals surface area contributed by atoms with Gasteiger partial charge in [-0.25, -0.2) is 4.79 Å². The quantitative estimate of drug-likeness (QED) is 0.494. The van der Waals surface area contributed by atoms with Gasteiger partial charge < -0.3 is 4.84 Å². The van der Waals surface area contributed by atoms with Gasteiger partial charge in [0.05, 0.1) is 0 Å². The third-order valence-corrected chi connectivity index (χ3v) is 1.00. The lowest BCUT2D eigenvalue weighted by Gasteiger charge is -2.15. The fraction of sp³-hybridized carbons (Fsp3) is 0.667. The van der Waals surface area contributed by atoms with Crippen LogP contribution in [0.5, 0.6) is 0 Å². The highest BCUT2D eigenvalue weighted by Gasteiger charge is 2.23. The number of nitrogens with two attached hydrogens (primary N) is 1. The standard InChI is InChI=1S/C6H12N2O3/c1-6(2,3)4(9)8-5(10)11-7/h7H2,1-3H3,(H,8,9,10). The Balaban J connectivity index is 3.99. The summed E-state index contributed by atoms with van der Waals surface area (Å²) >= 11 is 0. The topological polar surface area (TPSA) is 81.4 Å². The maximum absolute atomic E-state index is 11.0. The van der Waals surface area contributed by atoms with Crippen LogP contribution in [0.1, 0.15) is 20.8 Å². The van der Waals surface area contributed by atoms with Crippen LogP contribution in [0.2, 0.25) is 0 Å². The van der Waals surface area contributed by atoms with Crippen molar-refractivity contribution in [2.75, 3.05) is 0 Å². The molecule has 0 aromatic heterocycles. The summed E-state index contributed by atoms with van der Waals surface area (Å²) in [4.78, 5) is 25.1. The lowest BCUT2D eigenvalue weighted by atomic mass is 9.96. The largest absolute Gasteiger partial charge is 0.432 e. The van der Waals surface area contributed by atoms with Crippen LogP contribution < -0.4 is 11.2 Å². The van der Waals surface area contributed by atoms with Crippen molar-refractivity contribution in [2.45, 2.75) is 20.8 Å². The summed E-state index contributed by atoms with van der Waals surface area (Å²) in [6.07, 6.45) is -0.940. The molecule has 3 N–H and O–H groups in total. The molecule has 0 radical (unpaired) electrons. The SMILES string of the molecule is CC(C)(C)C(=O)NC(=O)ON. The van der Waals surface area contributed by atoms with E-state index in [0.29, 0.717) is 0 Å². The van der Waals surface area contributed by atoms with Crippen LogP contribution in [0.4, 0.5) is 4.79 Å². The number of rotatable bonds is 0. The van der Waals surface area contributed by atoms with Crippen LogP contribution in [0.15, 0.2) is 0 Å². The maximum atomic E-state index is 11.0. The van der Waals surface area contributed by atoms with Gasteiger partial charge >= 0.3 is 6.09 Å². The first-order valence-electron chi connectivity index (χ1n) is 3.10. The van der Waals surface area contributed by atoms with Crippen LogP contribution in [0.3, 0.4) is 0 Å². The van der Waals surface area contributed by atoms with Gasteiger partial charge in [-0.2, -0.15) is 5.90 Å². The van der Waals surface area contributed by atoms with E-state index in [-0.39, 0.29) is 0 Å². The van der Waals surface area contributed by atoms with Gasteiger partial charge in [-0.05, 0) is 0 Å². The van der Waals surface area contributed by atoms with Crippen molar-refractivity contribution in [3.05, 3.63) is 0 Å². The van der Waals surface area contributed by atoms with Gasteiger partial charge in [0.25, 0.3) is 0 Å². The molecule has 0 aromatic carbocycles. The maximum Gasteiger partial charge on any atom is 0.432 e. The molecule has 0 aliphatic heterocycles. The zero-order valence-corrected chi connectivity index (χ0v) is 6.80. The Kier molecular flexibility index (Phi) is 3.00. The molecule has 5 heteroatoms. The van der Waals surface area contributed by atoms with Gasteiger partial charge in [-0.3, -0.25) is 10.1 Å². The van der Waals surface area contributed by atoms with Gasteiger partial charge in [-0.1, -0.05) is 20.8 Å². The molecule has 64 valence electrons. The van der Waals surface area contributed by atoms with Gasteiger partial charge in [0.15, 0.2) is 0 Å². The van der Waals surface area contributed by atoms with Crippen LogP contribution in [0, 0.1) is 5.41 Å². The molecular formula is C6H12N2O3. The minimum atomic E-state index is -0.940. The average Bonchev–Trinajstić information content (AvgIpc) is 1.85. The number of hydrogen-bond acceptors (Lipinski definition) is 4. The number of carbonyl (C=O) groups is 2. The predicted octanol–water partition coefficient (Wildman–Crippen LogP) is 0.159. The monoisotopic (exact) mass is 160 g/mol. The van der Waals surface area contributed by atoms with Gasteiger partial charge in [0.2, 0.25) is 5.91 Å². The van der Waals surface area contributed by atoms with E-state index in [9.17, 15) is 9.59 Å². The second-order valence-corrected chi connectivity index (χ2v) is 3.11. The van der Waals surface area contributed by atoms with Crippen molar-refractivity contribution in [1.82, 2.24) is 5.32 Å². The van der Waals surface area contributed by atoms with Crippen LogP contribution >= 0.6 is 0 Å². The van der Waals surface area contributed by atoms with Crippen molar-refractivity contribution in [1.29, 1.82) is 0 Å². The normalized spacial score (nSPS) is 10.5. The molecule has 0 rings (SSSR count). The fourth-order valence-electron chi connectivity index (χ4n) is 0.310. The number of hydrogen-bond donors (Lipinski definition) is 2. The van der Waals surface area contributed by atoms with E-state index in [1.54, 1.807) is 20.8 Å². The second-order valence-electron chi connectivity index (χ2n) is 3.11. The number of amides is 2. The Labute approximate surface area is 64.8 Å². The molecule has 0 aliphatic rings. The van der Waals surface area contributed by atoms with E-state index in [1.165, 1.54) is 0 Å². The molecular weight excluding hydrogens is 148 g/mol. The zero-order valence-electron chi connectivity index (χ0n) is 6.80. The fourth-order valence-corrected chi connectivity index (χ4v) is 0.310. The summed E-state index contributed by atoms with van der Waals surface area (Å²) in [5, 5.41) is 1.94. The third kappa shape index (κ3) is 3.57. The summed E-state index contributed by atoms with van der Waals surface area (Å²) in [5.74, 6) is 4.08. The summed E-state index contributed by atoms with van der Waals surface area (Å²) < 4.78 is 0. The Morgan fingerprint density at radius 3 is 2.09 bits per heavy atom. The van der Waals surface area contributed by atoms with Gasteiger partial charge in [0.1, 0.15) is 0 Å². The lowest BCUT2D eigenvalue weighted by Crippen LogP contribution is -2.40. The van der Waals surface area contributed by atoms with Crippen molar-refractivity contribution in [3.8, 4) is 0 Å². The first-order chi connectivity index (χ1) is 4.88. The van der Waals surface area contributed by atoms with Crippen LogP contribution in [-0.4, -0.2) is 12.0 Å². The molecule has 0 atom stereocenters. The van der Waals surface area contributed by atoms with Crippen molar-refractivity contribution < 1.29 is 14.4 Å². The van der Waals surface area contributed by atoms with Gasteiger partial charge in [-0.15, -0.1) is 0 Å². The first-order valence-corrected chi connectivity index (χ1v) is 3.10. The molecule has 0 unspecified atom stereocenters. The minimum absolute atomic E-state index is 0.423. The minimum Gasteiger partial charge on any atom is -0.356 e. The smallest absolute Gasteiger partial charge is 0.356 e. The number of nitrogens with one attached hydrogen (secondary N) is 1. The van der Waals surface area contributed by atoms with E-state index in [2.05, 4.69) is 10.7 Å². The Hall–Kier alpha value is -1.10. The second kappa shape index (κ2) is 3.34. The highest BCUT2D eigenvalue weighted by molar-refractivity contribution is 5.94. The zero-order chi connectivity index (χ0) is 9.07. The highest BCUT2D eigenvalue weighted by atomic mass is 16.7. The van der Waals surface area contributed by atoms with E-state index in [1.807, 2.05) is 5.32 Å². The summed E-state index contributed by atoms with van der Waals surface area (Å²) in [7, 11) is 0. The molecule has 0 saturated heterocycles. The Bertz CT molecular complexity index is 171. The van der Waals surface area contributed by atoms with Crippen LogP contribution in [0.25, 0.3) is 0 Å². The molecule has 0 fully saturated rings. The van der Waals surface area contributed by atoms with Crippen molar-refractivity contribution >= 4 is 12.0 Å².